The predicted octanol–water partition coefficient (Wildman–Crippen LogP) is 4.88. The second-order valence-corrected chi connectivity index (χ2v) is 10.3. The van der Waals surface area contributed by atoms with Crippen molar-refractivity contribution >= 4 is 33.6 Å². The number of hydrogen-bond donors (Lipinski definition) is 0. The number of amides is 1. The first-order valence-electron chi connectivity index (χ1n) is 13.1. The Hall–Kier alpha value is -3.81. The smallest absolute Gasteiger partial charge is 0.311 e. The fourth-order valence-corrected chi connectivity index (χ4v) is 6.08. The molecule has 2 aliphatic rings. The van der Waals surface area contributed by atoms with Gasteiger partial charge in [0.1, 0.15) is 6.61 Å². The lowest BCUT2D eigenvalue weighted by Gasteiger charge is -2.45. The molecule has 194 valence electrons. The van der Waals surface area contributed by atoms with Crippen LogP contribution in [0, 0.1) is 5.92 Å². The molecular formula is C31H31N3O4. The number of piperidine rings is 1. The molecule has 2 aliphatic heterocycles. The maximum atomic E-state index is 13.2. The molecule has 1 amide bonds. The van der Waals surface area contributed by atoms with E-state index in [0.29, 0.717) is 12.8 Å². The highest BCUT2D eigenvalue weighted by Gasteiger charge is 2.58. The Kier molecular flexibility index (Phi) is 6.55. The zero-order chi connectivity index (χ0) is 26.1. The molecule has 1 atom stereocenters. The van der Waals surface area contributed by atoms with Crippen LogP contribution < -0.4 is 0 Å². The maximum Gasteiger partial charge on any atom is 0.311 e. The summed E-state index contributed by atoms with van der Waals surface area (Å²) in [4.78, 5) is 39.0. The Labute approximate surface area is 221 Å². The molecule has 2 fully saturated rings. The van der Waals surface area contributed by atoms with Crippen molar-refractivity contribution in [1.82, 2.24) is 14.9 Å². The van der Waals surface area contributed by atoms with Crippen LogP contribution in [0.2, 0.25) is 0 Å². The van der Waals surface area contributed by atoms with Gasteiger partial charge in [-0.25, -0.2) is 5.06 Å². The lowest BCUT2D eigenvalue weighted by molar-refractivity contribution is -0.229. The molecule has 0 radical (unpaired) electrons. The van der Waals surface area contributed by atoms with Crippen molar-refractivity contribution in [2.24, 2.45) is 5.92 Å². The minimum Gasteiger partial charge on any atom is -0.469 e. The summed E-state index contributed by atoms with van der Waals surface area (Å²) >= 11 is 0. The quantitative estimate of drug-likeness (QED) is 0.345. The van der Waals surface area contributed by atoms with E-state index < -0.39 is 11.5 Å². The minimum atomic E-state index is -0.704. The van der Waals surface area contributed by atoms with E-state index in [1.165, 1.54) is 17.7 Å². The van der Waals surface area contributed by atoms with Gasteiger partial charge in [-0.1, -0.05) is 48.5 Å². The van der Waals surface area contributed by atoms with Crippen LogP contribution in [0.25, 0.3) is 21.7 Å². The predicted molar refractivity (Wildman–Crippen MR) is 145 cm³/mol. The number of pyridine rings is 1. The number of likely N-dealkylation sites (tertiary alicyclic amines) is 1. The first-order chi connectivity index (χ1) is 18.6. The number of esters is 1. The van der Waals surface area contributed by atoms with Crippen molar-refractivity contribution in [2.45, 2.75) is 38.0 Å². The lowest BCUT2D eigenvalue weighted by atomic mass is 9.77. The molecule has 1 aromatic heterocycles. The van der Waals surface area contributed by atoms with Gasteiger partial charge in [-0.15, -0.1) is 0 Å². The van der Waals surface area contributed by atoms with Gasteiger partial charge in [0.05, 0.1) is 24.1 Å². The van der Waals surface area contributed by atoms with Crippen molar-refractivity contribution in [1.29, 1.82) is 0 Å². The molecule has 0 aliphatic carbocycles. The molecule has 1 spiro atoms. The van der Waals surface area contributed by atoms with Gasteiger partial charge in [-0.3, -0.25) is 24.3 Å². The van der Waals surface area contributed by atoms with Crippen LogP contribution in [0.15, 0.2) is 79.0 Å². The van der Waals surface area contributed by atoms with E-state index in [0.717, 1.165) is 46.9 Å². The van der Waals surface area contributed by atoms with Crippen LogP contribution in [0.3, 0.4) is 0 Å². The number of carbonyl (C=O) groups excluding carboxylic acids is 2. The molecule has 0 saturated carbocycles. The summed E-state index contributed by atoms with van der Waals surface area (Å²) in [5, 5.41) is 4.92. The van der Waals surface area contributed by atoms with E-state index in [9.17, 15) is 9.59 Å². The van der Waals surface area contributed by atoms with E-state index in [2.05, 4.69) is 58.4 Å². The van der Waals surface area contributed by atoms with Crippen molar-refractivity contribution in [3.63, 3.8) is 0 Å². The SMILES string of the molecule is COC(=O)[C@@H]1CC(=O)N(OCc2ccc3ccccc3c2)C12CCN(Cc1ccc3ncccc3c1)CC2. The first-order valence-corrected chi connectivity index (χ1v) is 13.1. The Morgan fingerprint density at radius 1 is 0.947 bits per heavy atom. The van der Waals surface area contributed by atoms with Gasteiger partial charge in [0, 0.05) is 37.6 Å². The first kappa shape index (κ1) is 24.5. The van der Waals surface area contributed by atoms with Crippen LogP contribution in [-0.4, -0.2) is 52.6 Å². The Bertz CT molecular complexity index is 1500. The number of ether oxygens (including phenoxy) is 1. The fraction of sp³-hybridized carbons (Fsp3) is 0.323. The van der Waals surface area contributed by atoms with Crippen molar-refractivity contribution in [3.05, 3.63) is 90.1 Å². The molecule has 6 rings (SSSR count). The largest absolute Gasteiger partial charge is 0.469 e. The van der Waals surface area contributed by atoms with Crippen molar-refractivity contribution in [3.8, 4) is 0 Å². The zero-order valence-corrected chi connectivity index (χ0v) is 21.5. The van der Waals surface area contributed by atoms with Gasteiger partial charge in [-0.2, -0.15) is 0 Å². The summed E-state index contributed by atoms with van der Waals surface area (Å²) in [6.45, 7) is 2.57. The number of methoxy groups -OCH3 is 1. The molecular weight excluding hydrogens is 478 g/mol. The van der Waals surface area contributed by atoms with Crippen molar-refractivity contribution in [2.75, 3.05) is 20.2 Å². The van der Waals surface area contributed by atoms with Crippen LogP contribution in [0.4, 0.5) is 0 Å². The summed E-state index contributed by atoms with van der Waals surface area (Å²) in [7, 11) is 1.39. The fourth-order valence-electron chi connectivity index (χ4n) is 6.08. The highest BCUT2D eigenvalue weighted by atomic mass is 16.7. The zero-order valence-electron chi connectivity index (χ0n) is 21.5. The second kappa shape index (κ2) is 10.2. The van der Waals surface area contributed by atoms with Gasteiger partial charge in [-0.05, 0) is 59.0 Å². The third-order valence-corrected chi connectivity index (χ3v) is 8.11. The van der Waals surface area contributed by atoms with Gasteiger partial charge in [0.15, 0.2) is 0 Å². The van der Waals surface area contributed by atoms with Crippen LogP contribution in [0.1, 0.15) is 30.4 Å². The number of carbonyl (C=O) groups is 2. The standard InChI is InChI=1S/C31H31N3O4/c1-37-30(36)27-19-29(35)34(38-21-23-8-10-24-5-2-3-6-25(24)18-23)31(27)12-15-33(16-13-31)20-22-9-11-28-26(17-22)7-4-14-32-28/h2-11,14,17-18,27H,12-13,15-16,19-21H2,1H3/t27-/m0/s1. The minimum absolute atomic E-state index is 0.113. The molecule has 7 heteroatoms. The van der Waals surface area contributed by atoms with E-state index >= 15 is 0 Å². The number of hydrogen-bond acceptors (Lipinski definition) is 6. The molecule has 0 bridgehead atoms. The number of fused-ring (bicyclic) bond motifs is 2. The van der Waals surface area contributed by atoms with E-state index in [1.807, 2.05) is 24.3 Å². The Morgan fingerprint density at radius 3 is 2.50 bits per heavy atom. The summed E-state index contributed by atoms with van der Waals surface area (Å²) in [5.74, 6) is -1.03. The Morgan fingerprint density at radius 2 is 1.68 bits per heavy atom. The summed E-state index contributed by atoms with van der Waals surface area (Å²) < 4.78 is 5.14. The van der Waals surface area contributed by atoms with E-state index in [1.54, 1.807) is 6.20 Å². The molecule has 7 nitrogen and oxygen atoms in total. The van der Waals surface area contributed by atoms with Crippen LogP contribution >= 0.6 is 0 Å². The normalized spacial score (nSPS) is 19.4. The number of benzene rings is 3. The highest BCUT2D eigenvalue weighted by molar-refractivity contribution is 5.88. The molecule has 3 aromatic carbocycles. The third-order valence-electron chi connectivity index (χ3n) is 8.11. The molecule has 38 heavy (non-hydrogen) atoms. The van der Waals surface area contributed by atoms with Gasteiger partial charge in [0.2, 0.25) is 5.91 Å². The summed E-state index contributed by atoms with van der Waals surface area (Å²) in [5.41, 5.74) is 2.48. The maximum absolute atomic E-state index is 13.2. The molecule has 3 heterocycles. The molecule has 0 N–H and O–H groups in total. The summed E-state index contributed by atoms with van der Waals surface area (Å²) in [6, 6.07) is 24.7. The number of hydroxylamine groups is 2. The highest BCUT2D eigenvalue weighted by Crippen LogP contribution is 2.45. The average Bonchev–Trinajstić information content (AvgIpc) is 3.22. The molecule has 2 saturated heterocycles. The third kappa shape index (κ3) is 4.52. The topological polar surface area (TPSA) is 72.0 Å². The van der Waals surface area contributed by atoms with Crippen molar-refractivity contribution < 1.29 is 19.2 Å². The Balaban J connectivity index is 1.19. The average molecular weight is 510 g/mol. The van der Waals surface area contributed by atoms with E-state index in [4.69, 9.17) is 9.57 Å². The van der Waals surface area contributed by atoms with Gasteiger partial charge >= 0.3 is 5.97 Å². The molecule has 4 aromatic rings. The number of aromatic nitrogens is 1. The van der Waals surface area contributed by atoms with Crippen LogP contribution in [0.5, 0.6) is 0 Å². The van der Waals surface area contributed by atoms with E-state index in [-0.39, 0.29) is 24.9 Å². The van der Waals surface area contributed by atoms with Gasteiger partial charge in [0.25, 0.3) is 0 Å². The van der Waals surface area contributed by atoms with Crippen LogP contribution in [-0.2, 0) is 32.3 Å². The second-order valence-electron chi connectivity index (χ2n) is 10.3. The monoisotopic (exact) mass is 509 g/mol. The summed E-state index contributed by atoms with van der Waals surface area (Å²) in [6.07, 6.45) is 3.21. The number of nitrogens with zero attached hydrogens (tertiary/aromatic N) is 3. The van der Waals surface area contributed by atoms with Gasteiger partial charge < -0.3 is 4.74 Å². The lowest BCUT2D eigenvalue weighted by Crippen LogP contribution is -2.57. The molecule has 0 unspecified atom stereocenters. The number of rotatable bonds is 6.